The highest BCUT2D eigenvalue weighted by molar-refractivity contribution is 7.00. The highest BCUT2D eigenvalue weighted by Gasteiger charge is 2.44. The van der Waals surface area contributed by atoms with Crippen molar-refractivity contribution in [2.24, 2.45) is 30.9 Å². The minimum absolute atomic E-state index is 0.178. The number of hydrogen-bond donors (Lipinski definition) is 0. The maximum absolute atomic E-state index is 16.7. The van der Waals surface area contributed by atoms with Gasteiger partial charge in [-0.1, -0.05) is 145 Å². The molecule has 0 spiro atoms. The molecule has 242 valence electrons. The second-order valence-electron chi connectivity index (χ2n) is 9.73. The zero-order chi connectivity index (χ0) is 33.4. The molecule has 0 saturated heterocycles. The summed E-state index contributed by atoms with van der Waals surface area (Å²) in [5.74, 6) is 0. The Bertz CT molecular complexity index is 1690. The number of oxime groups is 6. The van der Waals surface area contributed by atoms with Crippen molar-refractivity contribution < 1.29 is 37.2 Å². The van der Waals surface area contributed by atoms with Crippen molar-refractivity contribution in [1.82, 2.24) is 0 Å². The van der Waals surface area contributed by atoms with Crippen molar-refractivity contribution >= 4 is 70.5 Å². The van der Waals surface area contributed by atoms with E-state index in [9.17, 15) is 0 Å². The topological polar surface area (TPSA) is 130 Å². The molecule has 0 aromatic heterocycles. The van der Waals surface area contributed by atoms with Gasteiger partial charge in [-0.15, -0.1) is 30.9 Å². The summed E-state index contributed by atoms with van der Waals surface area (Å²) < 4.78 is 64.4. The lowest BCUT2D eigenvalue weighted by molar-refractivity contribution is 0.0221. The van der Waals surface area contributed by atoms with Gasteiger partial charge >= 0.3 is 14.1 Å². The van der Waals surface area contributed by atoms with Crippen LogP contribution in [0.1, 0.15) is 22.3 Å². The van der Waals surface area contributed by atoms with E-state index >= 15 is 8.63 Å². The molecule has 0 unspecified atom stereocenters. The Hall–Kier alpha value is -5.73. The number of halogens is 4. The molecule has 3 heterocycles. The second-order valence-corrected chi connectivity index (χ2v) is 10.4. The van der Waals surface area contributed by atoms with Gasteiger partial charge < -0.3 is 37.2 Å². The predicted molar refractivity (Wildman–Crippen MR) is 179 cm³/mol. The van der Waals surface area contributed by atoms with Crippen LogP contribution in [0.2, 0.25) is 0 Å². The highest BCUT2D eigenvalue weighted by atomic mass is 35.5. The van der Waals surface area contributed by atoms with E-state index in [0.717, 1.165) is 0 Å². The van der Waals surface area contributed by atoms with Gasteiger partial charge in [0.2, 0.25) is 10.3 Å². The molecule has 0 atom stereocenters. The molecule has 0 aliphatic carbocycles. The van der Waals surface area contributed by atoms with Gasteiger partial charge in [0.1, 0.15) is 22.8 Å². The molecular weight excluding hydrogens is 671 g/mol. The molecule has 0 saturated carbocycles. The quantitative estimate of drug-likeness (QED) is 0.221. The van der Waals surface area contributed by atoms with Crippen LogP contribution in [0.25, 0.3) is 0 Å². The highest BCUT2D eigenvalue weighted by Crippen LogP contribution is 2.23. The number of benzene rings is 4. The smallest absolute Gasteiger partial charge is 0.509 e. The van der Waals surface area contributed by atoms with Crippen molar-refractivity contribution in [1.29, 1.82) is 0 Å². The first-order chi connectivity index (χ1) is 23.3. The van der Waals surface area contributed by atoms with Gasteiger partial charge in [-0.25, -0.2) is 0 Å². The van der Waals surface area contributed by atoms with E-state index in [1.807, 2.05) is 0 Å². The third kappa shape index (κ3) is 7.62. The van der Waals surface area contributed by atoms with Crippen molar-refractivity contribution in [2.75, 3.05) is 0 Å². The number of rotatable bonds is 4. The minimum atomic E-state index is -4.60. The predicted octanol–water partition coefficient (Wildman–Crippen LogP) is 6.65. The van der Waals surface area contributed by atoms with E-state index in [1.165, 1.54) is 0 Å². The van der Waals surface area contributed by atoms with Gasteiger partial charge in [-0.2, -0.15) is 0 Å². The van der Waals surface area contributed by atoms with E-state index in [2.05, 4.69) is 30.9 Å². The number of fused-ring (bicyclic) bond motifs is 9. The van der Waals surface area contributed by atoms with Gasteiger partial charge in [0.05, 0.1) is 0 Å². The average molecular weight is 691 g/mol. The molecule has 4 aromatic rings. The first kappa shape index (κ1) is 32.2. The molecule has 12 nitrogen and oxygen atoms in total. The van der Waals surface area contributed by atoms with Crippen molar-refractivity contribution in [2.45, 2.75) is 0 Å². The molecule has 3 aliphatic rings. The lowest BCUT2D eigenvalue weighted by atomic mass is 10.00. The summed E-state index contributed by atoms with van der Waals surface area (Å²) in [7, 11) is -9.19. The molecule has 7 rings (SSSR count). The van der Waals surface area contributed by atoms with Crippen molar-refractivity contribution in [3.63, 3.8) is 0 Å². The fourth-order valence-corrected chi connectivity index (χ4v) is 4.34. The first-order valence-corrected chi connectivity index (χ1v) is 14.8. The van der Waals surface area contributed by atoms with Crippen LogP contribution in [-0.2, 0) is 28.5 Å². The van der Waals surface area contributed by atoms with E-state index in [0.29, 0.717) is 22.3 Å². The number of hydrogen-bond acceptors (Lipinski definition) is 12. The minimum Gasteiger partial charge on any atom is -0.509 e. The van der Waals surface area contributed by atoms with E-state index in [-0.39, 0.29) is 22.8 Å². The third-order valence-corrected chi connectivity index (χ3v) is 7.00. The standard InChI is InChI=1S/C30H20B2Cl2F2N6O6/c33-29-30(34)42-48-32(36)44-38-26(22-15-7-2-8-16-22)25(21-13-5-1-6-14-21)37-43-31(35,47-41-29)45-39-27(23-17-9-3-10-18-23)28(40-46-32)24-19-11-4-12-20-24/h1-20H/q-2/b37-25+,38-26+,39-27+,40-28+,41-29-,42-30?. The van der Waals surface area contributed by atoms with Gasteiger partial charge in [-0.05, 0) is 0 Å². The van der Waals surface area contributed by atoms with Crippen LogP contribution >= 0.6 is 23.2 Å². The summed E-state index contributed by atoms with van der Waals surface area (Å²) in [6, 6.07) is 33.0. The van der Waals surface area contributed by atoms with Crippen LogP contribution in [0.4, 0.5) is 8.63 Å². The molecule has 48 heavy (non-hydrogen) atoms. The molecule has 4 aromatic carbocycles. The molecule has 0 amide bonds. The van der Waals surface area contributed by atoms with E-state index in [4.69, 9.17) is 51.7 Å². The number of nitrogens with zero attached hydrogens (tertiary/aromatic N) is 6. The fraction of sp³-hybridized carbons (Fsp3) is 0. The molecule has 2 bridgehead atoms. The molecule has 3 aliphatic heterocycles. The first-order valence-electron chi connectivity index (χ1n) is 14.1. The maximum Gasteiger partial charge on any atom is 0.812 e. The van der Waals surface area contributed by atoms with Gasteiger partial charge in [0, 0.05) is 22.3 Å². The van der Waals surface area contributed by atoms with Gasteiger partial charge in [0.25, 0.3) is 0 Å². The monoisotopic (exact) mass is 690 g/mol. The molecule has 0 radical (unpaired) electrons. The summed E-state index contributed by atoms with van der Waals surface area (Å²) in [5.41, 5.74) is 0.566. The second kappa shape index (κ2) is 14.4. The zero-order valence-corrected chi connectivity index (χ0v) is 25.9. The molecule has 0 N–H and O–H groups in total. The van der Waals surface area contributed by atoms with Crippen LogP contribution in [0.5, 0.6) is 0 Å². The molecule has 0 fully saturated rings. The van der Waals surface area contributed by atoms with Crippen LogP contribution in [-0.4, -0.2) is 47.3 Å². The summed E-state index contributed by atoms with van der Waals surface area (Å²) in [4.78, 5) is 0. The van der Waals surface area contributed by atoms with Gasteiger partial charge in [-0.3, -0.25) is 0 Å². The SMILES string of the molecule is F[B-]12ON=C(Cl)/C(Cl)=N/O[B-](F)(O/N=C(c3ccccc3)/C(c3ccccc3)=N/O1)O/N=C(c1ccccc1)/C(c1ccccc1)=N/O2. The summed E-state index contributed by atoms with van der Waals surface area (Å²) in [6.45, 7) is 0. The zero-order valence-electron chi connectivity index (χ0n) is 24.3. The lowest BCUT2D eigenvalue weighted by Gasteiger charge is -2.30. The Morgan fingerprint density at radius 3 is 0.792 bits per heavy atom. The van der Waals surface area contributed by atoms with E-state index < -0.39 is 24.4 Å². The Labute approximate surface area is 281 Å². The lowest BCUT2D eigenvalue weighted by Crippen LogP contribution is -2.41. The van der Waals surface area contributed by atoms with Crippen molar-refractivity contribution in [3.8, 4) is 0 Å². The van der Waals surface area contributed by atoms with Crippen LogP contribution in [0.15, 0.2) is 152 Å². The average Bonchev–Trinajstić information content (AvgIpc) is 3.13. The Morgan fingerprint density at radius 2 is 0.562 bits per heavy atom. The molecule has 18 heteroatoms. The third-order valence-electron chi connectivity index (χ3n) is 6.40. The normalized spacial score (nSPS) is 27.0. The van der Waals surface area contributed by atoms with Crippen LogP contribution in [0.3, 0.4) is 0 Å². The Balaban J connectivity index is 1.62. The van der Waals surface area contributed by atoms with Crippen LogP contribution in [0, 0.1) is 0 Å². The van der Waals surface area contributed by atoms with Gasteiger partial charge in [0.15, 0.2) is 0 Å². The Kier molecular flexibility index (Phi) is 9.64. The summed E-state index contributed by atoms with van der Waals surface area (Å²) in [6.07, 6.45) is 0. The maximum atomic E-state index is 16.7. The fourth-order valence-electron chi connectivity index (χ4n) is 4.19. The molecular formula is C30H20B2Cl2F2N6O6-2. The van der Waals surface area contributed by atoms with E-state index in [1.54, 1.807) is 121 Å². The largest absolute Gasteiger partial charge is 0.812 e. The Morgan fingerprint density at radius 1 is 0.354 bits per heavy atom. The summed E-state index contributed by atoms with van der Waals surface area (Å²) in [5, 5.41) is 21.1. The van der Waals surface area contributed by atoms with Crippen LogP contribution < -0.4 is 0 Å². The van der Waals surface area contributed by atoms with Crippen molar-refractivity contribution in [3.05, 3.63) is 144 Å². The summed E-state index contributed by atoms with van der Waals surface area (Å²) >= 11 is 12.0.